The third-order valence-electron chi connectivity index (χ3n) is 5.75. The second kappa shape index (κ2) is 11.5. The van der Waals surface area contributed by atoms with Crippen LogP contribution in [-0.2, 0) is 12.6 Å². The van der Waals surface area contributed by atoms with Crippen molar-refractivity contribution in [3.05, 3.63) is 90.1 Å². The minimum atomic E-state index is -4.80. The zero-order chi connectivity index (χ0) is 26.4. The van der Waals surface area contributed by atoms with Crippen LogP contribution in [0.1, 0.15) is 44.5 Å². The second-order valence-electron chi connectivity index (χ2n) is 8.62. The fourth-order valence-corrected chi connectivity index (χ4v) is 3.83. The molecule has 3 aromatic carbocycles. The Morgan fingerprint density at radius 2 is 1.51 bits per heavy atom. The average molecular weight is 513 g/mol. The largest absolute Gasteiger partial charge is 0.494 e. The van der Waals surface area contributed by atoms with E-state index in [-0.39, 0.29) is 5.75 Å². The Morgan fingerprint density at radius 3 is 2.16 bits per heavy atom. The van der Waals surface area contributed by atoms with Gasteiger partial charge in [-0.15, -0.1) is 0 Å². The fraction of sp³-hybridized carbons (Fsp3) is 0.276. The molecule has 4 rings (SSSR count). The molecule has 1 aromatic heterocycles. The fourth-order valence-electron chi connectivity index (χ4n) is 3.83. The van der Waals surface area contributed by atoms with Crippen LogP contribution in [0.4, 0.5) is 17.6 Å². The zero-order valence-electron chi connectivity index (χ0n) is 20.7. The zero-order valence-corrected chi connectivity index (χ0v) is 20.7. The lowest BCUT2D eigenvalue weighted by molar-refractivity contribution is -0.140. The summed E-state index contributed by atoms with van der Waals surface area (Å²) in [6, 6.07) is 17.4. The van der Waals surface area contributed by atoms with E-state index < -0.39 is 17.6 Å². The van der Waals surface area contributed by atoms with E-state index >= 15 is 0 Å². The lowest BCUT2D eigenvalue weighted by Crippen LogP contribution is -2.08. The van der Waals surface area contributed by atoms with Gasteiger partial charge in [0.05, 0.1) is 17.9 Å². The lowest BCUT2D eigenvalue weighted by Gasteiger charge is -2.12. The second-order valence-corrected chi connectivity index (χ2v) is 8.62. The molecule has 194 valence electrons. The van der Waals surface area contributed by atoms with Crippen molar-refractivity contribution in [1.82, 2.24) is 9.55 Å². The molecule has 0 aliphatic carbocycles. The lowest BCUT2D eigenvalue weighted by atomic mass is 10.1. The Bertz CT molecular complexity index is 1310. The first kappa shape index (κ1) is 26.3. The van der Waals surface area contributed by atoms with Gasteiger partial charge in [-0.1, -0.05) is 20.3 Å². The van der Waals surface area contributed by atoms with Gasteiger partial charge in [-0.05, 0) is 79.6 Å². The van der Waals surface area contributed by atoms with Gasteiger partial charge >= 0.3 is 6.18 Å². The summed E-state index contributed by atoms with van der Waals surface area (Å²) in [7, 11) is 0. The molecular weight excluding hydrogens is 484 g/mol. The third kappa shape index (κ3) is 6.50. The third-order valence-corrected chi connectivity index (χ3v) is 5.75. The number of unbranched alkanes of at least 4 members (excludes halogenated alkanes) is 1. The van der Waals surface area contributed by atoms with Gasteiger partial charge in [-0.3, -0.25) is 0 Å². The average Bonchev–Trinajstić information content (AvgIpc) is 3.31. The first-order valence-corrected chi connectivity index (χ1v) is 12.2. The summed E-state index contributed by atoms with van der Waals surface area (Å²) in [5, 5.41) is 0. The molecule has 0 N–H and O–H groups in total. The van der Waals surface area contributed by atoms with Crippen LogP contribution in [0, 0.1) is 5.82 Å². The van der Waals surface area contributed by atoms with Crippen molar-refractivity contribution in [2.24, 2.45) is 0 Å². The highest BCUT2D eigenvalue weighted by Crippen LogP contribution is 2.35. The van der Waals surface area contributed by atoms with E-state index in [0.717, 1.165) is 60.3 Å². The molecule has 0 spiro atoms. The van der Waals surface area contributed by atoms with Crippen molar-refractivity contribution in [3.63, 3.8) is 0 Å². The van der Waals surface area contributed by atoms with Gasteiger partial charge < -0.3 is 14.0 Å². The molecule has 0 amide bonds. The van der Waals surface area contributed by atoms with E-state index in [1.54, 1.807) is 12.1 Å². The summed E-state index contributed by atoms with van der Waals surface area (Å²) >= 11 is 0. The minimum Gasteiger partial charge on any atom is -0.494 e. The van der Waals surface area contributed by atoms with E-state index in [9.17, 15) is 17.6 Å². The van der Waals surface area contributed by atoms with Crippen molar-refractivity contribution in [3.8, 4) is 34.2 Å². The molecule has 0 saturated heterocycles. The first-order chi connectivity index (χ1) is 17.8. The summed E-state index contributed by atoms with van der Waals surface area (Å²) in [4.78, 5) is 4.87. The molecule has 0 unspecified atom stereocenters. The summed E-state index contributed by atoms with van der Waals surface area (Å²) in [6.45, 7) is 4.85. The molecule has 0 radical (unpaired) electrons. The van der Waals surface area contributed by atoms with Crippen LogP contribution < -0.4 is 9.47 Å². The molecule has 0 bridgehead atoms. The Kier molecular flexibility index (Phi) is 8.16. The number of hydrogen-bond acceptors (Lipinski definition) is 3. The smallest absolute Gasteiger partial charge is 0.419 e. The van der Waals surface area contributed by atoms with Gasteiger partial charge in [0.15, 0.2) is 0 Å². The van der Waals surface area contributed by atoms with Crippen LogP contribution in [0.15, 0.2) is 72.9 Å². The molecule has 0 aliphatic heterocycles. The Hall–Kier alpha value is -3.81. The van der Waals surface area contributed by atoms with Crippen molar-refractivity contribution in [1.29, 1.82) is 0 Å². The van der Waals surface area contributed by atoms with Crippen LogP contribution in [-0.4, -0.2) is 16.2 Å². The SMILES string of the molecule is CCCCc1nc(-c2ccc(OCCC)cc2)cn1-c1ccc(Oc2ccc(F)c(C(F)(F)F)c2)cc1. The van der Waals surface area contributed by atoms with Gasteiger partial charge in [-0.2, -0.15) is 13.2 Å². The molecule has 0 fully saturated rings. The van der Waals surface area contributed by atoms with E-state index in [4.69, 9.17) is 14.5 Å². The minimum absolute atomic E-state index is 0.0959. The molecular formula is C29H28F4N2O2. The van der Waals surface area contributed by atoms with Gasteiger partial charge in [0.2, 0.25) is 0 Å². The van der Waals surface area contributed by atoms with Crippen molar-refractivity contribution in [2.75, 3.05) is 6.61 Å². The molecule has 0 aliphatic rings. The Balaban J connectivity index is 1.57. The molecule has 1 heterocycles. The highest BCUT2D eigenvalue weighted by atomic mass is 19.4. The van der Waals surface area contributed by atoms with E-state index in [2.05, 4.69) is 13.8 Å². The normalized spacial score (nSPS) is 11.5. The summed E-state index contributed by atoms with van der Waals surface area (Å²) < 4.78 is 65.9. The number of hydrogen-bond donors (Lipinski definition) is 0. The van der Waals surface area contributed by atoms with Crippen LogP contribution in [0.5, 0.6) is 17.2 Å². The molecule has 8 heteroatoms. The summed E-state index contributed by atoms with van der Waals surface area (Å²) in [5.74, 6) is 0.623. The van der Waals surface area contributed by atoms with Gasteiger partial charge in [-0.25, -0.2) is 9.37 Å². The van der Waals surface area contributed by atoms with Gasteiger partial charge in [0, 0.05) is 23.9 Å². The highest BCUT2D eigenvalue weighted by Gasteiger charge is 2.34. The number of rotatable bonds is 10. The number of ether oxygens (including phenoxy) is 2. The standard InChI is InChI=1S/C29H28F4N2O2/c1-3-5-6-28-34-27(20-7-11-22(12-8-20)36-17-4-2)19-35(28)21-9-13-23(14-10-21)37-24-15-16-26(30)25(18-24)29(31,32)33/h7-16,18-19H,3-6,17H2,1-2H3. The van der Waals surface area contributed by atoms with Crippen molar-refractivity contribution >= 4 is 0 Å². The predicted molar refractivity (Wildman–Crippen MR) is 135 cm³/mol. The topological polar surface area (TPSA) is 36.3 Å². The number of halogens is 4. The number of nitrogens with zero attached hydrogens (tertiary/aromatic N) is 2. The highest BCUT2D eigenvalue weighted by molar-refractivity contribution is 5.61. The molecule has 37 heavy (non-hydrogen) atoms. The Morgan fingerprint density at radius 1 is 0.838 bits per heavy atom. The molecule has 0 saturated carbocycles. The first-order valence-electron chi connectivity index (χ1n) is 12.2. The molecule has 4 aromatic rings. The van der Waals surface area contributed by atoms with Crippen LogP contribution in [0.3, 0.4) is 0 Å². The maximum atomic E-state index is 13.6. The number of aromatic nitrogens is 2. The van der Waals surface area contributed by atoms with Gasteiger partial charge in [0.1, 0.15) is 28.9 Å². The van der Waals surface area contributed by atoms with E-state index in [1.807, 2.05) is 47.2 Å². The summed E-state index contributed by atoms with van der Waals surface area (Å²) in [5.41, 5.74) is 1.28. The Labute approximate surface area is 213 Å². The quantitative estimate of drug-likeness (QED) is 0.200. The number of imidazole rings is 1. The van der Waals surface area contributed by atoms with E-state index in [1.165, 1.54) is 6.07 Å². The number of aryl methyl sites for hydroxylation is 1. The molecule has 0 atom stereocenters. The molecule has 4 nitrogen and oxygen atoms in total. The summed E-state index contributed by atoms with van der Waals surface area (Å²) in [6.07, 6.45) is 0.906. The number of alkyl halides is 3. The van der Waals surface area contributed by atoms with E-state index in [0.29, 0.717) is 18.4 Å². The number of benzene rings is 3. The van der Waals surface area contributed by atoms with Crippen molar-refractivity contribution < 1.29 is 27.0 Å². The maximum absolute atomic E-state index is 13.6. The van der Waals surface area contributed by atoms with Crippen LogP contribution >= 0.6 is 0 Å². The van der Waals surface area contributed by atoms with Crippen LogP contribution in [0.25, 0.3) is 16.9 Å². The monoisotopic (exact) mass is 512 g/mol. The van der Waals surface area contributed by atoms with Crippen LogP contribution in [0.2, 0.25) is 0 Å². The maximum Gasteiger partial charge on any atom is 0.419 e. The van der Waals surface area contributed by atoms with Crippen molar-refractivity contribution in [2.45, 2.75) is 45.7 Å². The predicted octanol–water partition coefficient (Wildman–Crippen LogP) is 8.62. The van der Waals surface area contributed by atoms with Gasteiger partial charge in [0.25, 0.3) is 0 Å².